The van der Waals surface area contributed by atoms with Gasteiger partial charge in [0.25, 0.3) is 0 Å². The van der Waals surface area contributed by atoms with Gasteiger partial charge in [-0.15, -0.1) is 0 Å². The van der Waals surface area contributed by atoms with Crippen LogP contribution in [0.2, 0.25) is 0 Å². The topological polar surface area (TPSA) is 92.0 Å². The van der Waals surface area contributed by atoms with E-state index in [0.29, 0.717) is 5.39 Å². The molecular formula is C16H20N2O5. The Labute approximate surface area is 133 Å². The molecule has 0 saturated heterocycles. The van der Waals surface area contributed by atoms with Crippen LogP contribution < -0.4 is 0 Å². The highest BCUT2D eigenvalue weighted by atomic mass is 16.7. The maximum Gasteiger partial charge on any atom is 0.431 e. The number of fused-ring (bicyclic) bond motifs is 1. The lowest BCUT2D eigenvalue weighted by atomic mass is 10.2. The van der Waals surface area contributed by atoms with E-state index in [9.17, 15) is 19.8 Å². The van der Waals surface area contributed by atoms with E-state index in [1.54, 1.807) is 43.5 Å². The molecule has 23 heavy (non-hydrogen) atoms. The minimum atomic E-state index is -1.19. The summed E-state index contributed by atoms with van der Waals surface area (Å²) in [5.41, 5.74) is 0.300. The third-order valence-electron chi connectivity index (χ3n) is 3.16. The molecular weight excluding hydrogens is 300 g/mol. The zero-order chi connectivity index (χ0) is 17.2. The van der Waals surface area contributed by atoms with Crippen LogP contribution >= 0.6 is 0 Å². The molecule has 1 aromatic heterocycles. The quantitative estimate of drug-likeness (QED) is 0.826. The predicted octanol–water partition coefficient (Wildman–Crippen LogP) is 3.05. The van der Waals surface area contributed by atoms with Crippen molar-refractivity contribution >= 4 is 23.0 Å². The van der Waals surface area contributed by atoms with E-state index >= 15 is 0 Å². The lowest BCUT2D eigenvalue weighted by Gasteiger charge is -2.27. The Balaban J connectivity index is 2.24. The fraction of sp³-hybridized carbons (Fsp3) is 0.375. The van der Waals surface area contributed by atoms with Crippen molar-refractivity contribution in [2.75, 3.05) is 6.54 Å². The van der Waals surface area contributed by atoms with Crippen LogP contribution in [0.4, 0.5) is 4.79 Å². The molecule has 1 amide bonds. The summed E-state index contributed by atoms with van der Waals surface area (Å²) in [5, 5.41) is 20.0. The number of amides is 1. The van der Waals surface area contributed by atoms with Gasteiger partial charge in [0.05, 0.1) is 17.7 Å². The van der Waals surface area contributed by atoms with Gasteiger partial charge in [0.2, 0.25) is 0 Å². The zero-order valence-electron chi connectivity index (χ0n) is 13.3. The highest BCUT2D eigenvalue weighted by Gasteiger charge is 2.22. The maximum absolute atomic E-state index is 11.3. The Hall–Kier alpha value is -2.54. The molecule has 7 heteroatoms. The van der Waals surface area contributed by atoms with Crippen LogP contribution in [-0.4, -0.2) is 44.1 Å². The van der Waals surface area contributed by atoms with E-state index in [0.717, 1.165) is 10.6 Å². The number of carboxylic acids is 1. The smallest absolute Gasteiger partial charge is 0.431 e. The third kappa shape index (κ3) is 4.01. The first kappa shape index (κ1) is 16.8. The number of hydrogen-bond donors (Lipinski definition) is 2. The summed E-state index contributed by atoms with van der Waals surface area (Å²) in [6.07, 6.45) is 0.333. The standard InChI is InChI=1S/C16H20N2O5/c1-16(2,3)23-18(15(21)22)9-8-17-10-12(14(19)20)11-6-4-5-7-13(11)17/h4-7,10H,8-9H2,1-3H3,(H,19,20)(H,21,22). The Morgan fingerprint density at radius 2 is 1.87 bits per heavy atom. The Morgan fingerprint density at radius 1 is 1.22 bits per heavy atom. The SMILES string of the molecule is CC(C)(C)ON(CCn1cc(C(=O)O)c2ccccc21)C(=O)O. The van der Waals surface area contributed by atoms with Crippen molar-refractivity contribution in [2.45, 2.75) is 32.9 Å². The molecule has 0 bridgehead atoms. The second kappa shape index (κ2) is 6.29. The van der Waals surface area contributed by atoms with Gasteiger partial charge in [0.15, 0.2) is 0 Å². The fourth-order valence-corrected chi connectivity index (χ4v) is 2.31. The Morgan fingerprint density at radius 3 is 2.43 bits per heavy atom. The van der Waals surface area contributed by atoms with Gasteiger partial charge in [-0.25, -0.2) is 9.59 Å². The summed E-state index contributed by atoms with van der Waals surface area (Å²) >= 11 is 0. The largest absolute Gasteiger partial charge is 0.478 e. The molecule has 0 unspecified atom stereocenters. The summed E-state index contributed by atoms with van der Waals surface area (Å²) in [7, 11) is 0. The average molecular weight is 320 g/mol. The van der Waals surface area contributed by atoms with E-state index in [2.05, 4.69) is 0 Å². The number of benzene rings is 1. The summed E-state index contributed by atoms with van der Waals surface area (Å²) in [4.78, 5) is 28.0. The molecule has 0 saturated carbocycles. The maximum atomic E-state index is 11.3. The Kier molecular flexibility index (Phi) is 4.60. The second-order valence-electron chi connectivity index (χ2n) is 6.15. The zero-order valence-corrected chi connectivity index (χ0v) is 13.3. The molecule has 1 aromatic carbocycles. The monoisotopic (exact) mass is 320 g/mol. The van der Waals surface area contributed by atoms with Crippen LogP contribution in [0.3, 0.4) is 0 Å². The molecule has 1 heterocycles. The van der Waals surface area contributed by atoms with Crippen molar-refractivity contribution < 1.29 is 24.6 Å². The molecule has 124 valence electrons. The summed E-state index contributed by atoms with van der Waals surface area (Å²) in [5.74, 6) is -1.01. The van der Waals surface area contributed by atoms with Crippen molar-refractivity contribution in [1.29, 1.82) is 0 Å². The average Bonchev–Trinajstić information content (AvgIpc) is 2.81. The first-order valence-corrected chi connectivity index (χ1v) is 7.20. The van der Waals surface area contributed by atoms with E-state index in [1.807, 2.05) is 6.07 Å². The first-order valence-electron chi connectivity index (χ1n) is 7.20. The summed E-state index contributed by atoms with van der Waals surface area (Å²) in [6.45, 7) is 5.66. The number of nitrogens with zero attached hydrogens (tertiary/aromatic N) is 2. The van der Waals surface area contributed by atoms with Crippen LogP contribution in [-0.2, 0) is 11.4 Å². The van der Waals surface area contributed by atoms with Gasteiger partial charge in [0.1, 0.15) is 0 Å². The van der Waals surface area contributed by atoms with E-state index in [-0.39, 0.29) is 18.7 Å². The van der Waals surface area contributed by atoms with Gasteiger partial charge in [-0.2, -0.15) is 5.06 Å². The second-order valence-corrected chi connectivity index (χ2v) is 6.15. The molecule has 0 fully saturated rings. The highest BCUT2D eigenvalue weighted by molar-refractivity contribution is 6.03. The van der Waals surface area contributed by atoms with Gasteiger partial charge < -0.3 is 14.8 Å². The summed E-state index contributed by atoms with van der Waals surface area (Å²) < 4.78 is 1.72. The predicted molar refractivity (Wildman–Crippen MR) is 84.5 cm³/mol. The van der Waals surface area contributed by atoms with Crippen molar-refractivity contribution in [3.63, 3.8) is 0 Å². The number of carbonyl (C=O) groups is 2. The van der Waals surface area contributed by atoms with Gasteiger partial charge in [-0.05, 0) is 26.8 Å². The fourth-order valence-electron chi connectivity index (χ4n) is 2.31. The number of rotatable bonds is 5. The Bertz CT molecular complexity index is 730. The number of hydroxylamine groups is 2. The number of carboxylic acid groups (broad SMARTS) is 2. The van der Waals surface area contributed by atoms with Crippen molar-refractivity contribution in [1.82, 2.24) is 9.63 Å². The minimum Gasteiger partial charge on any atom is -0.478 e. The normalized spacial score (nSPS) is 11.6. The van der Waals surface area contributed by atoms with E-state index in [1.165, 1.54) is 6.20 Å². The van der Waals surface area contributed by atoms with Crippen LogP contribution in [0.25, 0.3) is 10.9 Å². The number of aromatic carboxylic acids is 1. The van der Waals surface area contributed by atoms with Crippen molar-refractivity contribution in [3.05, 3.63) is 36.0 Å². The highest BCUT2D eigenvalue weighted by Crippen LogP contribution is 2.21. The lowest BCUT2D eigenvalue weighted by Crippen LogP contribution is -2.39. The van der Waals surface area contributed by atoms with Crippen LogP contribution in [0.15, 0.2) is 30.5 Å². The molecule has 7 nitrogen and oxygen atoms in total. The molecule has 2 rings (SSSR count). The van der Waals surface area contributed by atoms with Crippen molar-refractivity contribution in [2.24, 2.45) is 0 Å². The molecule has 0 aliphatic carbocycles. The van der Waals surface area contributed by atoms with E-state index < -0.39 is 17.7 Å². The molecule has 0 aliphatic heterocycles. The minimum absolute atomic E-state index is 0.0876. The van der Waals surface area contributed by atoms with E-state index in [4.69, 9.17) is 4.84 Å². The lowest BCUT2D eigenvalue weighted by molar-refractivity contribution is -0.203. The van der Waals surface area contributed by atoms with Gasteiger partial charge in [-0.1, -0.05) is 18.2 Å². The number of hydrogen-bond acceptors (Lipinski definition) is 3. The molecule has 0 atom stereocenters. The molecule has 2 aromatic rings. The van der Waals surface area contributed by atoms with Gasteiger partial charge >= 0.3 is 12.1 Å². The van der Waals surface area contributed by atoms with Gasteiger partial charge in [-0.3, -0.25) is 4.84 Å². The van der Waals surface area contributed by atoms with Crippen molar-refractivity contribution in [3.8, 4) is 0 Å². The first-order chi connectivity index (χ1) is 10.7. The molecule has 0 spiro atoms. The van der Waals surface area contributed by atoms with Crippen LogP contribution in [0.5, 0.6) is 0 Å². The molecule has 0 radical (unpaired) electrons. The molecule has 2 N–H and O–H groups in total. The summed E-state index contributed by atoms with van der Waals surface area (Å²) in [6, 6.07) is 7.11. The third-order valence-corrected chi connectivity index (χ3v) is 3.16. The van der Waals surface area contributed by atoms with Gasteiger partial charge in [0, 0.05) is 23.6 Å². The van der Waals surface area contributed by atoms with Crippen LogP contribution in [0.1, 0.15) is 31.1 Å². The number of aromatic nitrogens is 1. The number of para-hydroxylation sites is 1. The van der Waals surface area contributed by atoms with Crippen LogP contribution in [0, 0.1) is 0 Å². The molecule has 0 aliphatic rings.